The van der Waals surface area contributed by atoms with E-state index in [-0.39, 0.29) is 12.1 Å². The number of carbonyl (C=O) groups is 1. The number of ether oxygens (including phenoxy) is 2. The number of hydrogen-bond acceptors (Lipinski definition) is 6. The van der Waals surface area contributed by atoms with Crippen molar-refractivity contribution in [3.05, 3.63) is 53.7 Å². The van der Waals surface area contributed by atoms with Gasteiger partial charge < -0.3 is 14.4 Å². The lowest BCUT2D eigenvalue weighted by Gasteiger charge is -2.25. The van der Waals surface area contributed by atoms with E-state index in [0.717, 1.165) is 50.7 Å². The monoisotopic (exact) mass is 411 g/mol. The third kappa shape index (κ3) is 5.72. The van der Waals surface area contributed by atoms with Gasteiger partial charge in [-0.05, 0) is 63.6 Å². The molecule has 1 aliphatic heterocycles. The van der Waals surface area contributed by atoms with Gasteiger partial charge in [-0.2, -0.15) is 0 Å². The topological polar surface area (TPSA) is 54.9 Å². The van der Waals surface area contributed by atoms with Gasteiger partial charge in [-0.1, -0.05) is 19.1 Å². The van der Waals surface area contributed by atoms with Gasteiger partial charge in [0.2, 0.25) is 0 Å². The molecule has 1 atom stereocenters. The van der Waals surface area contributed by atoms with Crippen LogP contribution in [0.2, 0.25) is 0 Å². The first-order valence-corrected chi connectivity index (χ1v) is 10.8. The average molecular weight is 412 g/mol. The summed E-state index contributed by atoms with van der Waals surface area (Å²) in [7, 11) is 2.15. The first-order valence-electron chi connectivity index (χ1n) is 10.8. The van der Waals surface area contributed by atoms with Crippen molar-refractivity contribution >= 4 is 11.8 Å². The van der Waals surface area contributed by atoms with Crippen molar-refractivity contribution in [1.29, 1.82) is 0 Å². The molecule has 1 aromatic heterocycles. The third-order valence-corrected chi connectivity index (χ3v) is 5.26. The van der Waals surface area contributed by atoms with Gasteiger partial charge in [0.05, 0.1) is 12.7 Å². The Kier molecular flexibility index (Phi) is 7.69. The molecule has 162 valence electrons. The number of likely N-dealkylation sites (N-methyl/N-ethyl adjacent to an activating group) is 1. The Labute approximate surface area is 179 Å². The highest BCUT2D eigenvalue weighted by Gasteiger charge is 2.29. The van der Waals surface area contributed by atoms with Gasteiger partial charge in [0.1, 0.15) is 17.1 Å². The summed E-state index contributed by atoms with van der Waals surface area (Å²) in [5, 5.41) is 0. The molecule has 2 heterocycles. The number of nitrogens with zero attached hydrogens (tertiary/aromatic N) is 3. The molecule has 30 heavy (non-hydrogen) atoms. The van der Waals surface area contributed by atoms with Crippen LogP contribution in [0.25, 0.3) is 0 Å². The minimum absolute atomic E-state index is 0.151. The van der Waals surface area contributed by atoms with Crippen molar-refractivity contribution in [3.8, 4) is 5.75 Å². The number of esters is 1. The van der Waals surface area contributed by atoms with Gasteiger partial charge in [0.25, 0.3) is 0 Å². The molecule has 0 N–H and O–H groups in total. The maximum Gasteiger partial charge on any atom is 0.342 e. The van der Waals surface area contributed by atoms with E-state index in [1.165, 1.54) is 5.56 Å². The molecular formula is C24H33N3O3. The Morgan fingerprint density at radius 2 is 2.03 bits per heavy atom. The molecule has 2 aromatic rings. The predicted octanol–water partition coefficient (Wildman–Crippen LogP) is 4.15. The summed E-state index contributed by atoms with van der Waals surface area (Å²) in [6.45, 7) is 9.16. The zero-order chi connectivity index (χ0) is 21.5. The molecule has 0 radical (unpaired) electrons. The quantitative estimate of drug-likeness (QED) is 0.578. The summed E-state index contributed by atoms with van der Waals surface area (Å²) in [5.41, 5.74) is 1.80. The van der Waals surface area contributed by atoms with Gasteiger partial charge in [-0.15, -0.1) is 0 Å². The van der Waals surface area contributed by atoms with Crippen molar-refractivity contribution in [2.45, 2.75) is 52.3 Å². The molecule has 1 fully saturated rings. The van der Waals surface area contributed by atoms with Crippen LogP contribution in [0.1, 0.15) is 49.5 Å². The summed E-state index contributed by atoms with van der Waals surface area (Å²) in [6.07, 6.45) is 3.63. The fourth-order valence-corrected chi connectivity index (χ4v) is 3.71. The molecule has 0 bridgehead atoms. The van der Waals surface area contributed by atoms with Crippen LogP contribution < -0.4 is 9.64 Å². The number of benzene rings is 1. The van der Waals surface area contributed by atoms with Gasteiger partial charge in [-0.25, -0.2) is 9.78 Å². The fraction of sp³-hybridized carbons (Fsp3) is 0.500. The van der Waals surface area contributed by atoms with Crippen LogP contribution in [0.4, 0.5) is 5.82 Å². The Morgan fingerprint density at radius 3 is 2.73 bits per heavy atom. The SMILES string of the molecule is CCCOc1ccc(CN(C)C2CCN(c3ncccc3C(=O)OC(C)C)C2)cc1. The highest BCUT2D eigenvalue weighted by molar-refractivity contribution is 5.94. The van der Waals surface area contributed by atoms with Crippen LogP contribution in [0, 0.1) is 0 Å². The van der Waals surface area contributed by atoms with Crippen molar-refractivity contribution < 1.29 is 14.3 Å². The smallest absolute Gasteiger partial charge is 0.342 e. The molecule has 0 amide bonds. The van der Waals surface area contributed by atoms with Crippen LogP contribution in [0.5, 0.6) is 5.75 Å². The van der Waals surface area contributed by atoms with E-state index in [1.54, 1.807) is 18.3 Å². The zero-order valence-electron chi connectivity index (χ0n) is 18.5. The van der Waals surface area contributed by atoms with Gasteiger partial charge in [-0.3, -0.25) is 4.90 Å². The Bertz CT molecular complexity index is 823. The van der Waals surface area contributed by atoms with Crippen LogP contribution >= 0.6 is 0 Å². The first-order chi connectivity index (χ1) is 14.5. The number of carbonyl (C=O) groups excluding carboxylic acids is 1. The lowest BCUT2D eigenvalue weighted by molar-refractivity contribution is 0.0378. The molecular weight excluding hydrogens is 378 g/mol. The average Bonchev–Trinajstić information content (AvgIpc) is 3.23. The van der Waals surface area contributed by atoms with E-state index in [1.807, 2.05) is 26.0 Å². The van der Waals surface area contributed by atoms with Crippen LogP contribution in [-0.4, -0.2) is 54.7 Å². The molecule has 0 saturated carbocycles. The molecule has 0 spiro atoms. The van der Waals surface area contributed by atoms with E-state index in [2.05, 4.69) is 40.9 Å². The Balaban J connectivity index is 1.61. The predicted molar refractivity (Wildman–Crippen MR) is 119 cm³/mol. The van der Waals surface area contributed by atoms with E-state index >= 15 is 0 Å². The van der Waals surface area contributed by atoms with E-state index < -0.39 is 0 Å². The van der Waals surface area contributed by atoms with Crippen LogP contribution in [0.3, 0.4) is 0 Å². The summed E-state index contributed by atoms with van der Waals surface area (Å²) >= 11 is 0. The second kappa shape index (κ2) is 10.4. The molecule has 0 aliphatic carbocycles. The standard InChI is InChI=1S/C24H33N3O3/c1-5-15-29-21-10-8-19(9-11-21)16-26(4)20-12-14-27(17-20)23-22(7-6-13-25-23)24(28)30-18(2)3/h6-11,13,18,20H,5,12,14-17H2,1-4H3. The van der Waals surface area contributed by atoms with Crippen molar-refractivity contribution in [2.75, 3.05) is 31.6 Å². The van der Waals surface area contributed by atoms with E-state index in [4.69, 9.17) is 9.47 Å². The fourth-order valence-electron chi connectivity index (χ4n) is 3.71. The van der Waals surface area contributed by atoms with E-state index in [9.17, 15) is 4.79 Å². The maximum absolute atomic E-state index is 12.5. The first kappa shape index (κ1) is 22.1. The van der Waals surface area contributed by atoms with Gasteiger partial charge in [0.15, 0.2) is 0 Å². The maximum atomic E-state index is 12.5. The largest absolute Gasteiger partial charge is 0.494 e. The lowest BCUT2D eigenvalue weighted by atomic mass is 10.1. The third-order valence-electron chi connectivity index (χ3n) is 5.26. The van der Waals surface area contributed by atoms with Crippen molar-refractivity contribution in [2.24, 2.45) is 0 Å². The minimum atomic E-state index is -0.310. The molecule has 1 unspecified atom stereocenters. The van der Waals surface area contributed by atoms with Crippen LogP contribution in [-0.2, 0) is 11.3 Å². The van der Waals surface area contributed by atoms with Crippen LogP contribution in [0.15, 0.2) is 42.6 Å². The Hall–Kier alpha value is -2.60. The summed E-state index contributed by atoms with van der Waals surface area (Å²) in [5.74, 6) is 1.33. The molecule has 1 aromatic carbocycles. The minimum Gasteiger partial charge on any atom is -0.494 e. The molecule has 6 heteroatoms. The second-order valence-electron chi connectivity index (χ2n) is 8.12. The number of rotatable bonds is 9. The molecule has 3 rings (SSSR count). The van der Waals surface area contributed by atoms with E-state index in [0.29, 0.717) is 11.6 Å². The lowest BCUT2D eigenvalue weighted by Crippen LogP contribution is -2.34. The highest BCUT2D eigenvalue weighted by atomic mass is 16.5. The number of hydrogen-bond donors (Lipinski definition) is 0. The second-order valence-corrected chi connectivity index (χ2v) is 8.12. The highest BCUT2D eigenvalue weighted by Crippen LogP contribution is 2.26. The molecule has 1 saturated heterocycles. The van der Waals surface area contributed by atoms with Gasteiger partial charge in [0, 0.05) is 31.9 Å². The summed E-state index contributed by atoms with van der Waals surface area (Å²) < 4.78 is 11.1. The normalized spacial score (nSPS) is 16.3. The van der Waals surface area contributed by atoms with Crippen molar-refractivity contribution in [3.63, 3.8) is 0 Å². The summed E-state index contributed by atoms with van der Waals surface area (Å²) in [6, 6.07) is 12.3. The number of pyridine rings is 1. The zero-order valence-corrected chi connectivity index (χ0v) is 18.5. The van der Waals surface area contributed by atoms with Crippen molar-refractivity contribution in [1.82, 2.24) is 9.88 Å². The molecule has 1 aliphatic rings. The number of anilines is 1. The number of aromatic nitrogens is 1. The molecule has 6 nitrogen and oxygen atoms in total. The Morgan fingerprint density at radius 1 is 1.27 bits per heavy atom. The van der Waals surface area contributed by atoms with Gasteiger partial charge >= 0.3 is 5.97 Å². The summed E-state index contributed by atoms with van der Waals surface area (Å²) in [4.78, 5) is 21.5.